The number of aromatic nitrogens is 3. The largest absolute Gasteiger partial charge is 0.369 e. The molecule has 1 aromatic carbocycles. The number of aryl methyl sites for hydroxylation is 1. The van der Waals surface area contributed by atoms with Crippen LogP contribution in [0.4, 0.5) is 17.6 Å². The Balaban J connectivity index is 2.01. The number of amides is 1. The Morgan fingerprint density at radius 2 is 1.75 bits per heavy atom. The lowest BCUT2D eigenvalue weighted by Crippen LogP contribution is -2.41. The summed E-state index contributed by atoms with van der Waals surface area (Å²) < 4.78 is 56.0. The molecule has 11 heteroatoms. The van der Waals surface area contributed by atoms with E-state index in [0.717, 1.165) is 23.2 Å². The van der Waals surface area contributed by atoms with E-state index in [-0.39, 0.29) is 28.2 Å². The number of alkyl halides is 2. The maximum atomic E-state index is 14.7. The number of nitrogens with zero attached hydrogens (tertiary/aromatic N) is 5. The standard InChI is InChI=1S/C21H16F4N6O/c1-10-28-8-11(9-29-10)14-5-13(6-15(22)17(14)23)21(19(32)31(2)20(26)30-21)12-3-4-27-16(7-12)18(24)25/h3-9,18H,1-2H3,(H2,26,30). The Hall–Kier alpha value is -3.89. The lowest BCUT2D eigenvalue weighted by Gasteiger charge is -2.27. The minimum atomic E-state index is -2.92. The third kappa shape index (κ3) is 3.26. The minimum absolute atomic E-state index is 0.0165. The molecular formula is C21H16F4N6O. The molecule has 1 atom stereocenters. The van der Waals surface area contributed by atoms with Crippen molar-refractivity contribution in [3.8, 4) is 11.1 Å². The zero-order chi connectivity index (χ0) is 23.2. The quantitative estimate of drug-likeness (QED) is 0.624. The van der Waals surface area contributed by atoms with E-state index in [2.05, 4.69) is 19.9 Å². The zero-order valence-electron chi connectivity index (χ0n) is 16.9. The lowest BCUT2D eigenvalue weighted by molar-refractivity contribution is -0.129. The predicted octanol–water partition coefficient (Wildman–Crippen LogP) is 3.09. The zero-order valence-corrected chi connectivity index (χ0v) is 16.9. The fraction of sp³-hybridized carbons (Fsp3) is 0.190. The van der Waals surface area contributed by atoms with Crippen LogP contribution in [0.25, 0.3) is 11.1 Å². The Bertz CT molecular complexity index is 1250. The number of nitrogens with two attached hydrogens (primary N) is 1. The van der Waals surface area contributed by atoms with Crippen molar-refractivity contribution in [2.24, 2.45) is 10.7 Å². The molecule has 0 fully saturated rings. The molecule has 164 valence electrons. The molecule has 0 aliphatic carbocycles. The molecule has 0 spiro atoms. The van der Waals surface area contributed by atoms with Crippen molar-refractivity contribution in [3.63, 3.8) is 0 Å². The Labute approximate surface area is 179 Å². The molecule has 2 aromatic heterocycles. The monoisotopic (exact) mass is 444 g/mol. The van der Waals surface area contributed by atoms with E-state index in [1.165, 1.54) is 31.6 Å². The average Bonchev–Trinajstić information content (AvgIpc) is 3.01. The molecule has 1 aliphatic rings. The van der Waals surface area contributed by atoms with Crippen molar-refractivity contribution in [1.82, 2.24) is 19.9 Å². The summed E-state index contributed by atoms with van der Waals surface area (Å²) in [5.41, 5.74) is 3.05. The van der Waals surface area contributed by atoms with Crippen LogP contribution in [0.15, 0.2) is 47.8 Å². The van der Waals surface area contributed by atoms with Gasteiger partial charge in [0, 0.05) is 36.8 Å². The van der Waals surface area contributed by atoms with Gasteiger partial charge >= 0.3 is 0 Å². The van der Waals surface area contributed by atoms with Crippen LogP contribution in [0.3, 0.4) is 0 Å². The highest BCUT2D eigenvalue weighted by Gasteiger charge is 2.50. The first-order chi connectivity index (χ1) is 15.1. The first-order valence-corrected chi connectivity index (χ1v) is 9.31. The van der Waals surface area contributed by atoms with Crippen LogP contribution in [0.5, 0.6) is 0 Å². The van der Waals surface area contributed by atoms with Crippen LogP contribution in [0.1, 0.15) is 29.1 Å². The number of benzene rings is 1. The van der Waals surface area contributed by atoms with Crippen molar-refractivity contribution in [2.75, 3.05) is 7.05 Å². The van der Waals surface area contributed by atoms with Gasteiger partial charge in [0.15, 0.2) is 23.1 Å². The van der Waals surface area contributed by atoms with Crippen LogP contribution in [-0.2, 0) is 10.3 Å². The fourth-order valence-corrected chi connectivity index (χ4v) is 3.52. The molecule has 0 radical (unpaired) electrons. The van der Waals surface area contributed by atoms with Gasteiger partial charge in [-0.05, 0) is 42.3 Å². The molecule has 32 heavy (non-hydrogen) atoms. The van der Waals surface area contributed by atoms with Gasteiger partial charge in [-0.3, -0.25) is 14.7 Å². The molecule has 0 saturated heterocycles. The van der Waals surface area contributed by atoms with E-state index >= 15 is 0 Å². The molecule has 1 aliphatic heterocycles. The summed E-state index contributed by atoms with van der Waals surface area (Å²) in [5, 5.41) is 0. The summed E-state index contributed by atoms with van der Waals surface area (Å²) in [7, 11) is 1.34. The summed E-state index contributed by atoms with van der Waals surface area (Å²) in [6, 6.07) is 4.30. The maximum Gasteiger partial charge on any atom is 0.280 e. The Morgan fingerprint density at radius 1 is 1.06 bits per heavy atom. The lowest BCUT2D eigenvalue weighted by atomic mass is 9.81. The number of halogens is 4. The Kier molecular flexibility index (Phi) is 5.11. The molecule has 2 N–H and O–H groups in total. The SMILES string of the molecule is Cc1ncc(-c2cc(C3(c4ccnc(C(F)F)c4)N=C(N)N(C)C3=O)cc(F)c2F)cn1. The molecule has 1 unspecified atom stereocenters. The number of carbonyl (C=O) groups excluding carboxylic acids is 1. The predicted molar refractivity (Wildman–Crippen MR) is 106 cm³/mol. The highest BCUT2D eigenvalue weighted by atomic mass is 19.3. The number of rotatable bonds is 4. The first kappa shape index (κ1) is 21.3. The Morgan fingerprint density at radius 3 is 2.34 bits per heavy atom. The van der Waals surface area contributed by atoms with Gasteiger partial charge in [0.2, 0.25) is 0 Å². The summed E-state index contributed by atoms with van der Waals surface area (Å²) in [6.45, 7) is 1.63. The topological polar surface area (TPSA) is 97.4 Å². The van der Waals surface area contributed by atoms with E-state index in [9.17, 15) is 22.4 Å². The number of likely N-dealkylation sites (N-methyl/N-ethyl adjacent to an activating group) is 1. The molecule has 7 nitrogen and oxygen atoms in total. The number of guanidine groups is 1. The second kappa shape index (κ2) is 7.66. The number of carbonyl (C=O) groups is 1. The van der Waals surface area contributed by atoms with Crippen LogP contribution >= 0.6 is 0 Å². The summed E-state index contributed by atoms with van der Waals surface area (Å²) in [4.78, 5) is 30.1. The van der Waals surface area contributed by atoms with Gasteiger partial charge < -0.3 is 5.73 Å². The van der Waals surface area contributed by atoms with Crippen LogP contribution < -0.4 is 5.73 Å². The molecule has 0 bridgehead atoms. The van der Waals surface area contributed by atoms with Crippen molar-refractivity contribution in [3.05, 3.63) is 77.1 Å². The molecule has 0 saturated carbocycles. The van der Waals surface area contributed by atoms with E-state index in [0.29, 0.717) is 5.82 Å². The molecule has 4 rings (SSSR count). The molecule has 1 amide bonds. The minimum Gasteiger partial charge on any atom is -0.369 e. The average molecular weight is 444 g/mol. The first-order valence-electron chi connectivity index (χ1n) is 9.31. The van der Waals surface area contributed by atoms with Crippen molar-refractivity contribution in [1.29, 1.82) is 0 Å². The summed E-state index contributed by atoms with van der Waals surface area (Å²) in [6.07, 6.45) is 0.772. The highest BCUT2D eigenvalue weighted by Crippen LogP contribution is 2.42. The van der Waals surface area contributed by atoms with Crippen LogP contribution in [0, 0.1) is 18.6 Å². The molecule has 3 aromatic rings. The third-order valence-electron chi connectivity index (χ3n) is 5.20. The smallest absolute Gasteiger partial charge is 0.280 e. The normalized spacial score (nSPS) is 18.4. The fourth-order valence-electron chi connectivity index (χ4n) is 3.52. The maximum absolute atomic E-state index is 14.7. The van der Waals surface area contributed by atoms with Gasteiger partial charge in [0.05, 0.1) is 0 Å². The van der Waals surface area contributed by atoms with Gasteiger partial charge in [-0.2, -0.15) is 0 Å². The van der Waals surface area contributed by atoms with Crippen molar-refractivity contribution >= 4 is 11.9 Å². The molecular weight excluding hydrogens is 428 g/mol. The molecule has 3 heterocycles. The van der Waals surface area contributed by atoms with Gasteiger partial charge in [-0.25, -0.2) is 32.5 Å². The summed E-state index contributed by atoms with van der Waals surface area (Å²) in [5.74, 6) is -2.97. The van der Waals surface area contributed by atoms with E-state index in [4.69, 9.17) is 5.73 Å². The number of aliphatic imine (C=N–C) groups is 1. The second-order valence-electron chi connectivity index (χ2n) is 7.15. The number of hydrogen-bond donors (Lipinski definition) is 1. The van der Waals surface area contributed by atoms with Gasteiger partial charge in [0.25, 0.3) is 12.3 Å². The van der Waals surface area contributed by atoms with Crippen LogP contribution in [-0.4, -0.2) is 38.8 Å². The van der Waals surface area contributed by atoms with E-state index < -0.39 is 35.2 Å². The van der Waals surface area contributed by atoms with Gasteiger partial charge in [-0.1, -0.05) is 0 Å². The highest BCUT2D eigenvalue weighted by molar-refractivity contribution is 6.09. The van der Waals surface area contributed by atoms with Gasteiger partial charge in [-0.15, -0.1) is 0 Å². The van der Waals surface area contributed by atoms with Crippen molar-refractivity contribution < 1.29 is 22.4 Å². The summed E-state index contributed by atoms with van der Waals surface area (Å²) >= 11 is 0. The second-order valence-corrected chi connectivity index (χ2v) is 7.15. The van der Waals surface area contributed by atoms with Crippen molar-refractivity contribution in [2.45, 2.75) is 18.9 Å². The third-order valence-corrected chi connectivity index (χ3v) is 5.20. The number of pyridine rings is 1. The van der Waals surface area contributed by atoms with E-state index in [1.807, 2.05) is 0 Å². The number of hydrogen-bond acceptors (Lipinski definition) is 6. The van der Waals surface area contributed by atoms with Gasteiger partial charge in [0.1, 0.15) is 11.5 Å². The van der Waals surface area contributed by atoms with E-state index in [1.54, 1.807) is 6.92 Å². The van der Waals surface area contributed by atoms with Crippen LogP contribution in [0.2, 0.25) is 0 Å².